The smallest absolute Gasteiger partial charge is 0.0610 e. The van der Waals surface area contributed by atoms with E-state index in [9.17, 15) is 5.11 Å². The van der Waals surface area contributed by atoms with E-state index in [2.05, 4.69) is 126 Å². The lowest BCUT2D eigenvalue weighted by atomic mass is 9.76. The van der Waals surface area contributed by atoms with Crippen molar-refractivity contribution in [2.75, 3.05) is 18.1 Å². The lowest BCUT2D eigenvalue weighted by molar-refractivity contribution is 0.304. The summed E-state index contributed by atoms with van der Waals surface area (Å²) in [4.78, 5) is 2.28. The SMILES string of the molecule is C=C(/C=C/C1=C(C)C(=C/C=C2/N(CCO)c3ccccc3C2(C)C)/CCC1)C(C)(C)c1ccccc1C. The summed E-state index contributed by atoms with van der Waals surface area (Å²) >= 11 is 0. The van der Waals surface area contributed by atoms with Gasteiger partial charge in [0, 0.05) is 28.8 Å². The lowest BCUT2D eigenvalue weighted by Crippen LogP contribution is -2.28. The zero-order valence-corrected chi connectivity index (χ0v) is 23.6. The van der Waals surface area contributed by atoms with Crippen LogP contribution in [0.4, 0.5) is 5.69 Å². The van der Waals surface area contributed by atoms with Gasteiger partial charge in [-0.3, -0.25) is 0 Å². The molecule has 1 aliphatic heterocycles. The van der Waals surface area contributed by atoms with Gasteiger partial charge in [0.15, 0.2) is 0 Å². The standard InChI is InChI=1S/C35H43NO/c1-25-13-8-9-16-30(25)34(4,5)26(2)19-20-28-14-12-15-29(27(28)3)21-22-33-35(6,7)31-17-10-11-18-32(31)36(33)23-24-37/h8-11,13,16-22,37H,2,12,14-15,23-24H2,1,3-7H3/b20-19+,29-21+,33-22+. The maximum atomic E-state index is 9.78. The van der Waals surface area contributed by atoms with Crippen molar-refractivity contribution < 1.29 is 5.11 Å². The summed E-state index contributed by atoms with van der Waals surface area (Å²) in [5.74, 6) is 0. The fraction of sp³-hybridized carbons (Fsp3) is 0.371. The molecule has 0 bridgehead atoms. The highest BCUT2D eigenvalue weighted by molar-refractivity contribution is 5.70. The predicted octanol–water partition coefficient (Wildman–Crippen LogP) is 8.49. The van der Waals surface area contributed by atoms with Gasteiger partial charge in [0.2, 0.25) is 0 Å². The number of fused-ring (bicyclic) bond motifs is 1. The fourth-order valence-electron chi connectivity index (χ4n) is 5.99. The molecule has 0 spiro atoms. The van der Waals surface area contributed by atoms with Gasteiger partial charge < -0.3 is 10.0 Å². The van der Waals surface area contributed by atoms with Crippen molar-refractivity contribution in [3.63, 3.8) is 0 Å². The lowest BCUT2D eigenvalue weighted by Gasteiger charge is -2.28. The second-order valence-electron chi connectivity index (χ2n) is 11.6. The third kappa shape index (κ3) is 5.18. The molecule has 1 aliphatic carbocycles. The van der Waals surface area contributed by atoms with Crippen LogP contribution in [0.5, 0.6) is 0 Å². The highest BCUT2D eigenvalue weighted by Gasteiger charge is 2.39. The van der Waals surface area contributed by atoms with Crippen LogP contribution in [0.15, 0.2) is 107 Å². The Kier molecular flexibility index (Phi) is 7.80. The zero-order valence-electron chi connectivity index (χ0n) is 23.6. The van der Waals surface area contributed by atoms with Gasteiger partial charge in [-0.05, 0) is 84.2 Å². The molecule has 0 atom stereocenters. The Labute approximate surface area is 224 Å². The average Bonchev–Trinajstić information content (AvgIpc) is 3.09. The Morgan fingerprint density at radius 2 is 1.73 bits per heavy atom. The topological polar surface area (TPSA) is 23.5 Å². The quantitative estimate of drug-likeness (QED) is 0.391. The molecule has 0 amide bonds. The average molecular weight is 494 g/mol. The maximum absolute atomic E-state index is 9.78. The number of anilines is 1. The molecular weight excluding hydrogens is 450 g/mol. The van der Waals surface area contributed by atoms with E-state index in [-0.39, 0.29) is 17.4 Å². The van der Waals surface area contributed by atoms with Crippen molar-refractivity contribution in [2.45, 2.75) is 71.6 Å². The minimum absolute atomic E-state index is 0.100. The van der Waals surface area contributed by atoms with Crippen LogP contribution in [0, 0.1) is 6.92 Å². The maximum Gasteiger partial charge on any atom is 0.0610 e. The molecule has 1 N–H and O–H groups in total. The number of allylic oxidation sites excluding steroid dienone is 9. The highest BCUT2D eigenvalue weighted by atomic mass is 16.3. The van der Waals surface area contributed by atoms with Crippen molar-refractivity contribution in [1.29, 1.82) is 0 Å². The number of hydrogen-bond donors (Lipinski definition) is 1. The molecule has 2 aliphatic rings. The van der Waals surface area contributed by atoms with Gasteiger partial charge in [0.25, 0.3) is 0 Å². The summed E-state index contributed by atoms with van der Waals surface area (Å²) in [5.41, 5.74) is 11.5. The first kappa shape index (κ1) is 26.9. The molecule has 2 aromatic carbocycles. The normalized spacial score (nSPS) is 19.8. The number of rotatable bonds is 7. The third-order valence-electron chi connectivity index (χ3n) is 8.53. The van der Waals surface area contributed by atoms with Crippen LogP contribution in [-0.2, 0) is 10.8 Å². The van der Waals surface area contributed by atoms with E-state index in [1.807, 2.05) is 0 Å². The van der Waals surface area contributed by atoms with Crippen LogP contribution in [0.2, 0.25) is 0 Å². The van der Waals surface area contributed by atoms with Crippen molar-refractivity contribution >= 4 is 5.69 Å². The molecule has 2 heteroatoms. The van der Waals surface area contributed by atoms with Crippen LogP contribution in [0.3, 0.4) is 0 Å². The van der Waals surface area contributed by atoms with Gasteiger partial charge in [-0.25, -0.2) is 0 Å². The molecule has 37 heavy (non-hydrogen) atoms. The van der Waals surface area contributed by atoms with E-state index in [1.165, 1.54) is 44.8 Å². The number of para-hydroxylation sites is 1. The first-order valence-electron chi connectivity index (χ1n) is 13.6. The Bertz CT molecular complexity index is 1300. The van der Waals surface area contributed by atoms with Crippen molar-refractivity contribution in [3.8, 4) is 0 Å². The van der Waals surface area contributed by atoms with E-state index in [4.69, 9.17) is 0 Å². The summed E-state index contributed by atoms with van der Waals surface area (Å²) in [5, 5.41) is 9.78. The second kappa shape index (κ2) is 10.7. The van der Waals surface area contributed by atoms with Crippen LogP contribution >= 0.6 is 0 Å². The number of aryl methyl sites for hydroxylation is 1. The van der Waals surface area contributed by atoms with Gasteiger partial charge in [-0.2, -0.15) is 0 Å². The third-order valence-corrected chi connectivity index (χ3v) is 8.53. The minimum Gasteiger partial charge on any atom is -0.395 e. The molecule has 2 aromatic rings. The monoisotopic (exact) mass is 493 g/mol. The molecule has 0 fully saturated rings. The molecule has 194 valence electrons. The summed E-state index contributed by atoms with van der Waals surface area (Å²) in [6.07, 6.45) is 12.5. The van der Waals surface area contributed by atoms with E-state index < -0.39 is 0 Å². The van der Waals surface area contributed by atoms with Crippen molar-refractivity contribution in [2.24, 2.45) is 0 Å². The number of β-amino-alcohol motifs (C(OH)–C–C–N with tert-alkyl or cyclic N) is 1. The summed E-state index contributed by atoms with van der Waals surface area (Å²) < 4.78 is 0. The van der Waals surface area contributed by atoms with Crippen LogP contribution < -0.4 is 4.90 Å². The largest absolute Gasteiger partial charge is 0.395 e. The minimum atomic E-state index is -0.118. The summed E-state index contributed by atoms with van der Waals surface area (Å²) in [7, 11) is 0. The number of aliphatic hydroxyl groups is 1. The molecule has 0 saturated carbocycles. The van der Waals surface area contributed by atoms with E-state index in [0.717, 1.165) is 24.8 Å². The van der Waals surface area contributed by atoms with Gasteiger partial charge >= 0.3 is 0 Å². The second-order valence-corrected chi connectivity index (χ2v) is 11.6. The summed E-state index contributed by atoms with van der Waals surface area (Å²) in [6, 6.07) is 17.2. The Morgan fingerprint density at radius 1 is 1.03 bits per heavy atom. The van der Waals surface area contributed by atoms with E-state index in [1.54, 1.807) is 0 Å². The molecule has 0 saturated heterocycles. The molecule has 0 aromatic heterocycles. The molecule has 1 heterocycles. The predicted molar refractivity (Wildman–Crippen MR) is 159 cm³/mol. The van der Waals surface area contributed by atoms with E-state index in [0.29, 0.717) is 6.54 Å². The van der Waals surface area contributed by atoms with Crippen LogP contribution in [0.1, 0.15) is 70.6 Å². The number of hydrogen-bond acceptors (Lipinski definition) is 2. The van der Waals surface area contributed by atoms with Crippen molar-refractivity contribution in [3.05, 3.63) is 124 Å². The Balaban J connectivity index is 1.62. The van der Waals surface area contributed by atoms with Gasteiger partial charge in [-0.15, -0.1) is 0 Å². The number of nitrogens with zero attached hydrogens (tertiary/aromatic N) is 1. The van der Waals surface area contributed by atoms with E-state index >= 15 is 0 Å². The Morgan fingerprint density at radius 3 is 2.46 bits per heavy atom. The van der Waals surface area contributed by atoms with Gasteiger partial charge in [-0.1, -0.05) is 95.0 Å². The molecular formula is C35H43NO. The molecule has 0 unspecified atom stereocenters. The fourth-order valence-corrected chi connectivity index (χ4v) is 5.99. The molecule has 4 rings (SSSR count). The number of benzene rings is 2. The van der Waals surface area contributed by atoms with Gasteiger partial charge in [0.05, 0.1) is 6.61 Å². The number of aliphatic hydroxyl groups excluding tert-OH is 1. The van der Waals surface area contributed by atoms with Crippen molar-refractivity contribution in [1.82, 2.24) is 0 Å². The molecule has 0 radical (unpaired) electrons. The van der Waals surface area contributed by atoms with Crippen LogP contribution in [0.25, 0.3) is 0 Å². The zero-order chi connectivity index (χ0) is 26.8. The first-order valence-corrected chi connectivity index (χ1v) is 13.6. The van der Waals surface area contributed by atoms with Gasteiger partial charge in [0.1, 0.15) is 0 Å². The first-order chi connectivity index (χ1) is 17.6. The summed E-state index contributed by atoms with van der Waals surface area (Å²) in [6.45, 7) is 18.7. The van der Waals surface area contributed by atoms with Crippen LogP contribution in [-0.4, -0.2) is 18.3 Å². The highest BCUT2D eigenvalue weighted by Crippen LogP contribution is 2.47. The Hall–Kier alpha value is -3.10. The molecule has 2 nitrogen and oxygen atoms in total.